The molecule has 1 heterocycles. The number of aromatic amines is 1. The Morgan fingerprint density at radius 1 is 1.58 bits per heavy atom. The Morgan fingerprint density at radius 3 is 2.67 bits per heavy atom. The van der Waals surface area contributed by atoms with Crippen molar-refractivity contribution in [2.24, 2.45) is 0 Å². The fourth-order valence-corrected chi connectivity index (χ4v) is 0.650. The third-order valence-electron chi connectivity index (χ3n) is 0.999. The van der Waals surface area contributed by atoms with Crippen molar-refractivity contribution in [2.75, 3.05) is 5.32 Å². The summed E-state index contributed by atoms with van der Waals surface area (Å²) in [6.45, 7) is 0. The van der Waals surface area contributed by atoms with Crippen molar-refractivity contribution in [3.63, 3.8) is 0 Å². The van der Waals surface area contributed by atoms with E-state index in [9.17, 15) is 0 Å². The van der Waals surface area contributed by atoms with E-state index < -0.39 is 10.0 Å². The summed E-state index contributed by atoms with van der Waals surface area (Å²) in [6.07, 6.45) is -0.0802. The topological polar surface area (TPSA) is 73.8 Å². The highest BCUT2D eigenvalue weighted by atomic mass is 35.6. The van der Waals surface area contributed by atoms with E-state index in [1.165, 1.54) is 6.33 Å². The molecule has 0 aliphatic rings. The van der Waals surface area contributed by atoms with Gasteiger partial charge in [0.25, 0.3) is 0 Å². The molecule has 1 unspecified atom stereocenters. The van der Waals surface area contributed by atoms with Crippen molar-refractivity contribution in [3.05, 3.63) is 6.33 Å². The molecule has 8 heteroatoms. The summed E-state index contributed by atoms with van der Waals surface area (Å²) < 4.78 is -1.80. The molecule has 5 nitrogen and oxygen atoms in total. The molecule has 1 atom stereocenters. The molecule has 0 saturated carbocycles. The molecule has 3 N–H and O–H groups in total. The molecule has 68 valence electrons. The second-order valence-corrected chi connectivity index (χ2v) is 4.29. The number of hydrogen-bond donors (Lipinski definition) is 3. The van der Waals surface area contributed by atoms with E-state index in [0.29, 0.717) is 0 Å². The van der Waals surface area contributed by atoms with Crippen LogP contribution < -0.4 is 5.32 Å². The van der Waals surface area contributed by atoms with E-state index in [1.54, 1.807) is 0 Å². The van der Waals surface area contributed by atoms with Gasteiger partial charge in [-0.05, 0) is 0 Å². The highest BCUT2D eigenvalue weighted by molar-refractivity contribution is 6.68. The molecule has 0 saturated heterocycles. The van der Waals surface area contributed by atoms with Crippen LogP contribution in [0.4, 0.5) is 5.95 Å². The fourth-order valence-electron chi connectivity index (χ4n) is 0.486. The van der Waals surface area contributed by atoms with Crippen molar-refractivity contribution >= 4 is 40.8 Å². The number of aliphatic hydroxyl groups excluding tert-OH is 1. The normalized spacial score (nSPS) is 14.3. The van der Waals surface area contributed by atoms with Gasteiger partial charge in [0.2, 0.25) is 9.74 Å². The average Bonchev–Trinajstić information content (AvgIpc) is 2.37. The van der Waals surface area contributed by atoms with E-state index in [2.05, 4.69) is 20.5 Å². The average molecular weight is 231 g/mol. The van der Waals surface area contributed by atoms with Crippen LogP contribution in [0.1, 0.15) is 0 Å². The van der Waals surface area contributed by atoms with E-state index in [0.717, 1.165) is 0 Å². The molecule has 1 aromatic heterocycles. The monoisotopic (exact) mass is 230 g/mol. The van der Waals surface area contributed by atoms with Gasteiger partial charge in [0.1, 0.15) is 6.33 Å². The smallest absolute Gasteiger partial charge is 0.234 e. The van der Waals surface area contributed by atoms with Crippen molar-refractivity contribution in [2.45, 2.75) is 10.0 Å². The molecule has 1 rings (SSSR count). The molecule has 0 fully saturated rings. The lowest BCUT2D eigenvalue weighted by atomic mass is 10.6. The molecule has 0 spiro atoms. The van der Waals surface area contributed by atoms with Gasteiger partial charge in [-0.25, -0.2) is 5.10 Å². The number of nitrogens with one attached hydrogen (secondary N) is 2. The summed E-state index contributed by atoms with van der Waals surface area (Å²) in [4.78, 5) is 3.66. The minimum Gasteiger partial charge on any atom is -0.369 e. The first-order valence-corrected chi connectivity index (χ1v) is 4.00. The highest BCUT2D eigenvalue weighted by Crippen LogP contribution is 2.30. The second-order valence-electron chi connectivity index (χ2n) is 1.92. The molecular weight excluding hydrogens is 226 g/mol. The van der Waals surface area contributed by atoms with Crippen LogP contribution in [0.25, 0.3) is 0 Å². The van der Waals surface area contributed by atoms with Gasteiger partial charge < -0.3 is 10.4 Å². The standard InChI is InChI=1S/C4H5Cl3N4O/c5-4(6,7)2(12)10-3-8-1-9-11-3/h1-2,12H,(H2,8,9,10,11). The first kappa shape index (κ1) is 9.85. The summed E-state index contributed by atoms with van der Waals surface area (Å²) in [5, 5.41) is 17.5. The summed E-state index contributed by atoms with van der Waals surface area (Å²) >= 11 is 16.1. The van der Waals surface area contributed by atoms with Crippen molar-refractivity contribution in [1.29, 1.82) is 0 Å². The Bertz CT molecular complexity index is 233. The number of aliphatic hydroxyl groups is 1. The van der Waals surface area contributed by atoms with Crippen LogP contribution in [0.5, 0.6) is 0 Å². The van der Waals surface area contributed by atoms with E-state index in [4.69, 9.17) is 39.9 Å². The quantitative estimate of drug-likeness (QED) is 0.522. The van der Waals surface area contributed by atoms with Gasteiger partial charge >= 0.3 is 0 Å². The fraction of sp³-hybridized carbons (Fsp3) is 0.500. The Labute approximate surface area is 83.0 Å². The zero-order chi connectivity index (χ0) is 9.19. The summed E-state index contributed by atoms with van der Waals surface area (Å²) in [5.41, 5.74) is 0. The number of hydrogen-bond acceptors (Lipinski definition) is 4. The summed E-state index contributed by atoms with van der Waals surface area (Å²) in [6, 6.07) is 0. The van der Waals surface area contributed by atoms with Gasteiger partial charge in [-0.2, -0.15) is 10.1 Å². The van der Waals surface area contributed by atoms with Crippen LogP contribution in [-0.4, -0.2) is 30.3 Å². The summed E-state index contributed by atoms with van der Waals surface area (Å²) in [7, 11) is 0. The predicted molar refractivity (Wildman–Crippen MR) is 46.3 cm³/mol. The zero-order valence-corrected chi connectivity index (χ0v) is 7.90. The first-order valence-electron chi connectivity index (χ1n) is 2.87. The van der Waals surface area contributed by atoms with Crippen molar-refractivity contribution in [3.8, 4) is 0 Å². The van der Waals surface area contributed by atoms with Crippen LogP contribution in [-0.2, 0) is 0 Å². The van der Waals surface area contributed by atoms with Gasteiger partial charge in [0.05, 0.1) is 0 Å². The van der Waals surface area contributed by atoms with Crippen LogP contribution in [0.2, 0.25) is 0 Å². The Morgan fingerprint density at radius 2 is 2.25 bits per heavy atom. The van der Waals surface area contributed by atoms with E-state index >= 15 is 0 Å². The minimum atomic E-state index is -1.80. The Balaban J connectivity index is 2.53. The SMILES string of the molecule is OC(Nc1ncn[nH]1)C(Cl)(Cl)Cl. The highest BCUT2D eigenvalue weighted by Gasteiger charge is 2.31. The van der Waals surface area contributed by atoms with Crippen LogP contribution in [0.15, 0.2) is 6.33 Å². The van der Waals surface area contributed by atoms with Crippen LogP contribution in [0, 0.1) is 0 Å². The van der Waals surface area contributed by atoms with Gasteiger partial charge in [-0.1, -0.05) is 34.8 Å². The van der Waals surface area contributed by atoms with Gasteiger partial charge in [-0.15, -0.1) is 0 Å². The molecule has 0 aliphatic carbocycles. The van der Waals surface area contributed by atoms with Gasteiger partial charge in [-0.3, -0.25) is 0 Å². The molecule has 1 aromatic rings. The van der Waals surface area contributed by atoms with Gasteiger partial charge in [0, 0.05) is 0 Å². The number of alkyl halides is 3. The molecule has 0 amide bonds. The van der Waals surface area contributed by atoms with Crippen LogP contribution in [0.3, 0.4) is 0 Å². The van der Waals surface area contributed by atoms with Crippen molar-refractivity contribution < 1.29 is 5.11 Å². The zero-order valence-electron chi connectivity index (χ0n) is 5.63. The Hall–Kier alpha value is -0.230. The number of rotatable bonds is 2. The molecule has 0 radical (unpaired) electrons. The Kier molecular flexibility index (Phi) is 3.00. The van der Waals surface area contributed by atoms with Crippen LogP contribution >= 0.6 is 34.8 Å². The number of halogens is 3. The maximum atomic E-state index is 9.16. The third kappa shape index (κ3) is 2.67. The number of nitrogens with zero attached hydrogens (tertiary/aromatic N) is 2. The molecule has 0 aromatic carbocycles. The van der Waals surface area contributed by atoms with E-state index in [1.807, 2.05) is 0 Å². The van der Waals surface area contributed by atoms with Gasteiger partial charge in [0.15, 0.2) is 6.23 Å². The lowest BCUT2D eigenvalue weighted by molar-refractivity contribution is 0.207. The second kappa shape index (κ2) is 3.66. The van der Waals surface area contributed by atoms with Crippen molar-refractivity contribution in [1.82, 2.24) is 15.2 Å². The molecular formula is C4H5Cl3N4O. The first-order chi connectivity index (χ1) is 5.50. The maximum Gasteiger partial charge on any atom is 0.234 e. The number of aromatic nitrogens is 3. The third-order valence-corrected chi connectivity index (χ3v) is 1.62. The minimum absolute atomic E-state index is 0.230. The molecule has 12 heavy (non-hydrogen) atoms. The summed E-state index contributed by atoms with van der Waals surface area (Å²) in [5.74, 6) is 0.230. The number of anilines is 1. The predicted octanol–water partition coefficient (Wildman–Crippen LogP) is 0.905. The molecule has 0 bridgehead atoms. The number of H-pyrrole nitrogens is 1. The maximum absolute atomic E-state index is 9.16. The van der Waals surface area contributed by atoms with E-state index in [-0.39, 0.29) is 5.95 Å². The lowest BCUT2D eigenvalue weighted by Gasteiger charge is -2.18. The largest absolute Gasteiger partial charge is 0.369 e. The lowest BCUT2D eigenvalue weighted by Crippen LogP contribution is -2.33. The molecule has 0 aliphatic heterocycles.